The van der Waals surface area contributed by atoms with Crippen molar-refractivity contribution in [2.24, 2.45) is 5.41 Å². The first-order chi connectivity index (χ1) is 7.17. The fraction of sp³-hybridized carbons (Fsp3) is 0.462. The highest BCUT2D eigenvalue weighted by molar-refractivity contribution is 5.62. The summed E-state index contributed by atoms with van der Waals surface area (Å²) in [6, 6.07) is 0. The summed E-state index contributed by atoms with van der Waals surface area (Å²) in [7, 11) is 0. The zero-order valence-electron chi connectivity index (χ0n) is 9.58. The van der Waals surface area contributed by atoms with Gasteiger partial charge in [-0.15, -0.1) is 0 Å². The van der Waals surface area contributed by atoms with Gasteiger partial charge >= 0.3 is 0 Å². The Kier molecular flexibility index (Phi) is 2.51. The van der Waals surface area contributed by atoms with Crippen molar-refractivity contribution >= 4 is 12.2 Å². The number of aryl methyl sites for hydroxylation is 1. The van der Waals surface area contributed by atoms with Crippen LogP contribution >= 0.6 is 0 Å². The van der Waals surface area contributed by atoms with Crippen LogP contribution in [0.25, 0.3) is 12.2 Å². The second kappa shape index (κ2) is 3.69. The summed E-state index contributed by atoms with van der Waals surface area (Å²) in [6.07, 6.45) is 10.5. The fourth-order valence-electron chi connectivity index (χ4n) is 1.61. The van der Waals surface area contributed by atoms with Crippen LogP contribution in [-0.4, -0.2) is 4.98 Å². The van der Waals surface area contributed by atoms with Crippen LogP contribution in [0, 0.1) is 5.41 Å². The maximum atomic E-state index is 5.62. The third-order valence-electron chi connectivity index (χ3n) is 3.03. The predicted octanol–water partition coefficient (Wildman–Crippen LogP) is 3.69. The van der Waals surface area contributed by atoms with E-state index in [9.17, 15) is 0 Å². The highest BCUT2D eigenvalue weighted by Gasteiger charge is 2.19. The van der Waals surface area contributed by atoms with Crippen molar-refractivity contribution in [1.82, 2.24) is 4.98 Å². The molecule has 2 nitrogen and oxygen atoms in total. The third kappa shape index (κ3) is 1.89. The lowest BCUT2D eigenvalue weighted by atomic mass is 9.87. The molecular weight excluding hydrogens is 186 g/mol. The summed E-state index contributed by atoms with van der Waals surface area (Å²) >= 11 is 0. The Morgan fingerprint density at radius 1 is 1.27 bits per heavy atom. The first-order valence-electron chi connectivity index (χ1n) is 5.55. The van der Waals surface area contributed by atoms with E-state index in [0.29, 0.717) is 0 Å². The van der Waals surface area contributed by atoms with Gasteiger partial charge in [0.05, 0.1) is 0 Å². The molecule has 0 saturated heterocycles. The van der Waals surface area contributed by atoms with Gasteiger partial charge in [-0.1, -0.05) is 32.9 Å². The molecule has 0 radical (unpaired) electrons. The van der Waals surface area contributed by atoms with Crippen molar-refractivity contribution in [3.63, 3.8) is 0 Å². The minimum absolute atomic E-state index is 0.135. The second-order valence-corrected chi connectivity index (χ2v) is 4.24. The van der Waals surface area contributed by atoms with Crippen molar-refractivity contribution in [2.45, 2.75) is 33.6 Å². The summed E-state index contributed by atoms with van der Waals surface area (Å²) in [5.74, 6) is 1.70. The zero-order chi connectivity index (χ0) is 10.9. The van der Waals surface area contributed by atoms with Gasteiger partial charge in [0.2, 0.25) is 0 Å². The molecule has 2 rings (SSSR count). The van der Waals surface area contributed by atoms with Crippen molar-refractivity contribution in [1.29, 1.82) is 0 Å². The second-order valence-electron chi connectivity index (χ2n) is 4.24. The number of allylic oxidation sites excluding steroid dienone is 2. The molecule has 0 aromatic carbocycles. The summed E-state index contributed by atoms with van der Waals surface area (Å²) in [5.41, 5.74) is 1.09. The molecule has 0 aliphatic heterocycles. The van der Waals surface area contributed by atoms with E-state index >= 15 is 0 Å². The molecule has 0 saturated carbocycles. The van der Waals surface area contributed by atoms with E-state index < -0.39 is 0 Å². The lowest BCUT2D eigenvalue weighted by Gasteiger charge is -2.17. The molecule has 1 aromatic rings. The molecule has 1 unspecified atom stereocenters. The Hall–Kier alpha value is -1.31. The number of rotatable bonds is 2. The summed E-state index contributed by atoms with van der Waals surface area (Å²) in [6.45, 7) is 6.45. The Balaban J connectivity index is 2.39. The van der Waals surface area contributed by atoms with Crippen LogP contribution in [0.15, 0.2) is 16.6 Å². The van der Waals surface area contributed by atoms with Gasteiger partial charge in [0.25, 0.3) is 0 Å². The lowest BCUT2D eigenvalue weighted by molar-refractivity contribution is 0.491. The van der Waals surface area contributed by atoms with E-state index in [0.717, 1.165) is 30.2 Å². The Labute approximate surface area is 90.7 Å². The molecule has 1 aliphatic rings. The molecule has 0 N–H and O–H groups in total. The number of oxazole rings is 1. The molecule has 1 aromatic heterocycles. The van der Waals surface area contributed by atoms with E-state index in [1.54, 1.807) is 0 Å². The van der Waals surface area contributed by atoms with Crippen molar-refractivity contribution in [2.75, 3.05) is 0 Å². The molecule has 0 spiro atoms. The quantitative estimate of drug-likeness (QED) is 0.732. The highest BCUT2D eigenvalue weighted by Crippen LogP contribution is 2.31. The average Bonchev–Trinajstić information content (AvgIpc) is 2.60. The van der Waals surface area contributed by atoms with Gasteiger partial charge in [-0.25, -0.2) is 4.98 Å². The van der Waals surface area contributed by atoms with Gasteiger partial charge in [0, 0.05) is 11.8 Å². The van der Waals surface area contributed by atoms with Crippen LogP contribution in [0.1, 0.15) is 44.5 Å². The van der Waals surface area contributed by atoms with Crippen molar-refractivity contribution < 1.29 is 4.42 Å². The maximum Gasteiger partial charge on any atom is 0.195 e. The molecule has 1 heterocycles. The van der Waals surface area contributed by atoms with Gasteiger partial charge in [-0.2, -0.15) is 0 Å². The maximum absolute atomic E-state index is 5.62. The zero-order valence-corrected chi connectivity index (χ0v) is 9.58. The van der Waals surface area contributed by atoms with Crippen LogP contribution in [-0.2, 0) is 6.42 Å². The number of hydrogen-bond donors (Lipinski definition) is 0. The molecule has 0 fully saturated rings. The molecular formula is C13H17NO. The molecule has 1 atom stereocenters. The Morgan fingerprint density at radius 2 is 2.00 bits per heavy atom. The number of nitrogens with zero attached hydrogens (tertiary/aromatic N) is 1. The minimum atomic E-state index is 0.135. The molecule has 15 heavy (non-hydrogen) atoms. The first kappa shape index (κ1) is 10.2. The van der Waals surface area contributed by atoms with E-state index in [4.69, 9.17) is 4.42 Å². The van der Waals surface area contributed by atoms with Gasteiger partial charge in [-0.05, 0) is 18.6 Å². The highest BCUT2D eigenvalue weighted by atomic mass is 16.4. The average molecular weight is 203 g/mol. The van der Waals surface area contributed by atoms with E-state index in [-0.39, 0.29) is 5.41 Å². The predicted molar refractivity (Wildman–Crippen MR) is 62.3 cm³/mol. The molecule has 2 heteroatoms. The summed E-state index contributed by atoms with van der Waals surface area (Å²) < 4.78 is 5.62. The largest absolute Gasteiger partial charge is 0.441 e. The van der Waals surface area contributed by atoms with Crippen molar-refractivity contribution in [3.05, 3.63) is 29.5 Å². The van der Waals surface area contributed by atoms with Gasteiger partial charge in [-0.3, -0.25) is 0 Å². The summed E-state index contributed by atoms with van der Waals surface area (Å²) in [4.78, 5) is 4.42. The van der Waals surface area contributed by atoms with E-state index in [1.165, 1.54) is 0 Å². The standard InChI is InChI=1S/C13H17NO/c1-4-12-14-10-6-8-13(3,5-2)9-7-11(10)15-12/h6-9H,4-5H2,1-3H3. The lowest BCUT2D eigenvalue weighted by Crippen LogP contribution is -2.05. The van der Waals surface area contributed by atoms with Gasteiger partial charge < -0.3 is 4.42 Å². The monoisotopic (exact) mass is 203 g/mol. The first-order valence-corrected chi connectivity index (χ1v) is 5.55. The van der Waals surface area contributed by atoms with Crippen molar-refractivity contribution in [3.8, 4) is 0 Å². The van der Waals surface area contributed by atoms with Crippen LogP contribution in [0.4, 0.5) is 0 Å². The molecule has 0 bridgehead atoms. The van der Waals surface area contributed by atoms with Crippen LogP contribution in [0.2, 0.25) is 0 Å². The van der Waals surface area contributed by atoms with Crippen LogP contribution in [0.3, 0.4) is 0 Å². The molecule has 80 valence electrons. The normalized spacial score (nSPS) is 23.9. The number of fused-ring (bicyclic) bond motifs is 1. The number of aromatic nitrogens is 1. The van der Waals surface area contributed by atoms with E-state index in [1.807, 2.05) is 6.08 Å². The van der Waals surface area contributed by atoms with Gasteiger partial charge in [0.15, 0.2) is 11.7 Å². The van der Waals surface area contributed by atoms with E-state index in [2.05, 4.69) is 44.0 Å². The SMILES string of the molecule is CCc1nc2c(o1)C=CC(C)(CC)C=C2. The molecule has 0 amide bonds. The molecule has 1 aliphatic carbocycles. The summed E-state index contributed by atoms with van der Waals surface area (Å²) in [5, 5.41) is 0. The van der Waals surface area contributed by atoms with Crippen LogP contribution < -0.4 is 0 Å². The third-order valence-corrected chi connectivity index (χ3v) is 3.03. The van der Waals surface area contributed by atoms with Crippen LogP contribution in [0.5, 0.6) is 0 Å². The fourth-order valence-corrected chi connectivity index (χ4v) is 1.61. The minimum Gasteiger partial charge on any atom is -0.441 e. The number of hydrogen-bond acceptors (Lipinski definition) is 2. The van der Waals surface area contributed by atoms with Gasteiger partial charge in [0.1, 0.15) is 5.69 Å². The Morgan fingerprint density at radius 3 is 2.67 bits per heavy atom. The Bertz CT molecular complexity index is 381. The smallest absolute Gasteiger partial charge is 0.195 e. The topological polar surface area (TPSA) is 26.0 Å².